The van der Waals surface area contributed by atoms with E-state index in [0.29, 0.717) is 18.4 Å². The first-order chi connectivity index (χ1) is 9.13. The number of ether oxygens (including phenoxy) is 1. The fourth-order valence-corrected chi connectivity index (χ4v) is 1.67. The lowest BCUT2D eigenvalue weighted by Gasteiger charge is -2.10. The number of anilines is 1. The Balaban J connectivity index is 0.00000361. The number of guanidine groups is 1. The third-order valence-corrected chi connectivity index (χ3v) is 2.76. The number of nitrogens with zero attached hydrogens (tertiary/aromatic N) is 1. The molecule has 0 amide bonds. The van der Waals surface area contributed by atoms with E-state index < -0.39 is 0 Å². The maximum atomic E-state index is 5.84. The van der Waals surface area contributed by atoms with E-state index in [4.69, 9.17) is 10.5 Å². The molecule has 0 heterocycles. The molecule has 1 aromatic rings. The number of aliphatic imine (C=N–C) groups is 1. The molecule has 0 saturated heterocycles. The quantitative estimate of drug-likeness (QED) is 0.323. The standard InChI is InChI=1S/C15H25N3O.HI/c1-4-19-10-6-9-17-15(16)18-14-8-5-7-13(11-14)12(2)3;/h5,7-8,11-12H,4,6,9-10H2,1-3H3,(H3,16,17,18);1H. The van der Waals surface area contributed by atoms with Crippen molar-refractivity contribution in [2.24, 2.45) is 10.7 Å². The molecule has 1 aromatic carbocycles. The molecule has 0 aliphatic carbocycles. The highest BCUT2D eigenvalue weighted by Gasteiger charge is 2.00. The second-order valence-electron chi connectivity index (χ2n) is 4.72. The minimum atomic E-state index is 0. The molecule has 0 bridgehead atoms. The van der Waals surface area contributed by atoms with Crippen molar-refractivity contribution >= 4 is 35.6 Å². The van der Waals surface area contributed by atoms with Crippen LogP contribution in [0.3, 0.4) is 0 Å². The van der Waals surface area contributed by atoms with Crippen molar-refractivity contribution in [1.82, 2.24) is 0 Å². The van der Waals surface area contributed by atoms with Gasteiger partial charge in [0.25, 0.3) is 0 Å². The third-order valence-electron chi connectivity index (χ3n) is 2.76. The Kier molecular flexibility index (Phi) is 10.5. The van der Waals surface area contributed by atoms with E-state index in [1.54, 1.807) is 0 Å². The first kappa shape index (κ1) is 19.2. The van der Waals surface area contributed by atoms with Crippen molar-refractivity contribution in [3.05, 3.63) is 29.8 Å². The number of nitrogens with two attached hydrogens (primary N) is 1. The number of hydrogen-bond donors (Lipinski definition) is 2. The summed E-state index contributed by atoms with van der Waals surface area (Å²) in [7, 11) is 0. The minimum Gasteiger partial charge on any atom is -0.382 e. The van der Waals surface area contributed by atoms with Gasteiger partial charge in [-0.1, -0.05) is 26.0 Å². The first-order valence-corrected chi connectivity index (χ1v) is 6.88. The first-order valence-electron chi connectivity index (χ1n) is 6.88. The van der Waals surface area contributed by atoms with Gasteiger partial charge in [-0.05, 0) is 37.0 Å². The molecule has 0 unspecified atom stereocenters. The van der Waals surface area contributed by atoms with E-state index in [1.165, 1.54) is 5.56 Å². The summed E-state index contributed by atoms with van der Waals surface area (Å²) in [4.78, 5) is 4.27. The lowest BCUT2D eigenvalue weighted by molar-refractivity contribution is 0.146. The number of hydrogen-bond acceptors (Lipinski definition) is 2. The van der Waals surface area contributed by atoms with Crippen LogP contribution >= 0.6 is 24.0 Å². The van der Waals surface area contributed by atoms with Crippen LogP contribution < -0.4 is 11.1 Å². The molecule has 0 atom stereocenters. The van der Waals surface area contributed by atoms with Crippen LogP contribution in [0, 0.1) is 0 Å². The Hall–Kier alpha value is -0.820. The van der Waals surface area contributed by atoms with E-state index in [2.05, 4.69) is 36.3 Å². The normalized spacial score (nSPS) is 11.3. The molecule has 0 aromatic heterocycles. The van der Waals surface area contributed by atoms with Crippen LogP contribution in [0.2, 0.25) is 0 Å². The summed E-state index contributed by atoms with van der Waals surface area (Å²) in [5.41, 5.74) is 8.11. The summed E-state index contributed by atoms with van der Waals surface area (Å²) in [5.74, 6) is 0.962. The predicted molar refractivity (Wildman–Crippen MR) is 97.2 cm³/mol. The molecular weight excluding hydrogens is 365 g/mol. The molecule has 20 heavy (non-hydrogen) atoms. The molecule has 0 saturated carbocycles. The summed E-state index contributed by atoms with van der Waals surface area (Å²) in [5, 5.41) is 3.12. The van der Waals surface area contributed by atoms with E-state index >= 15 is 0 Å². The number of nitrogens with one attached hydrogen (secondary N) is 1. The molecule has 0 aliphatic heterocycles. The zero-order valence-electron chi connectivity index (χ0n) is 12.6. The Morgan fingerprint density at radius 2 is 2.15 bits per heavy atom. The lowest BCUT2D eigenvalue weighted by atomic mass is 10.0. The molecular formula is C15H26IN3O. The van der Waals surface area contributed by atoms with E-state index in [-0.39, 0.29) is 24.0 Å². The molecule has 0 spiro atoms. The summed E-state index contributed by atoms with van der Waals surface area (Å²) in [6.07, 6.45) is 0.891. The largest absolute Gasteiger partial charge is 0.382 e. The highest BCUT2D eigenvalue weighted by Crippen LogP contribution is 2.18. The topological polar surface area (TPSA) is 59.6 Å². The maximum Gasteiger partial charge on any atom is 0.193 e. The van der Waals surface area contributed by atoms with Gasteiger partial charge in [0.05, 0.1) is 0 Å². The lowest BCUT2D eigenvalue weighted by Crippen LogP contribution is -2.23. The highest BCUT2D eigenvalue weighted by molar-refractivity contribution is 14.0. The number of benzene rings is 1. The average molecular weight is 391 g/mol. The van der Waals surface area contributed by atoms with E-state index in [1.807, 2.05) is 19.1 Å². The summed E-state index contributed by atoms with van der Waals surface area (Å²) in [6, 6.07) is 8.24. The maximum absolute atomic E-state index is 5.84. The Morgan fingerprint density at radius 1 is 1.40 bits per heavy atom. The van der Waals surface area contributed by atoms with Crippen LogP contribution in [-0.4, -0.2) is 25.7 Å². The van der Waals surface area contributed by atoms with Gasteiger partial charge in [-0.25, -0.2) is 0 Å². The molecule has 114 valence electrons. The second kappa shape index (κ2) is 10.9. The van der Waals surface area contributed by atoms with Gasteiger partial charge >= 0.3 is 0 Å². The van der Waals surface area contributed by atoms with Crippen LogP contribution in [0.1, 0.15) is 38.7 Å². The van der Waals surface area contributed by atoms with Gasteiger partial charge in [0.15, 0.2) is 5.96 Å². The van der Waals surface area contributed by atoms with Gasteiger partial charge in [0, 0.05) is 25.4 Å². The van der Waals surface area contributed by atoms with E-state index in [0.717, 1.165) is 25.3 Å². The van der Waals surface area contributed by atoms with Crippen LogP contribution in [0.5, 0.6) is 0 Å². The monoisotopic (exact) mass is 391 g/mol. The van der Waals surface area contributed by atoms with E-state index in [9.17, 15) is 0 Å². The number of rotatable bonds is 7. The van der Waals surface area contributed by atoms with Gasteiger partial charge in [0.1, 0.15) is 0 Å². The van der Waals surface area contributed by atoms with Crippen molar-refractivity contribution < 1.29 is 4.74 Å². The van der Waals surface area contributed by atoms with Gasteiger partial charge in [0.2, 0.25) is 0 Å². The van der Waals surface area contributed by atoms with Gasteiger partial charge in [-0.3, -0.25) is 4.99 Å². The Labute approximate surface area is 139 Å². The van der Waals surface area contributed by atoms with Crippen LogP contribution in [0.25, 0.3) is 0 Å². The molecule has 0 aliphatic rings. The Morgan fingerprint density at radius 3 is 2.80 bits per heavy atom. The van der Waals surface area contributed by atoms with Crippen molar-refractivity contribution in [1.29, 1.82) is 0 Å². The molecule has 0 fully saturated rings. The predicted octanol–water partition coefficient (Wildman–Crippen LogP) is 3.58. The van der Waals surface area contributed by atoms with Gasteiger partial charge < -0.3 is 15.8 Å². The average Bonchev–Trinajstić information content (AvgIpc) is 2.38. The fraction of sp³-hybridized carbons (Fsp3) is 0.533. The summed E-state index contributed by atoms with van der Waals surface area (Å²) in [6.45, 7) is 8.49. The smallest absolute Gasteiger partial charge is 0.193 e. The molecule has 5 heteroatoms. The number of halogens is 1. The van der Waals surface area contributed by atoms with Gasteiger partial charge in [-0.2, -0.15) is 0 Å². The Bertz CT molecular complexity index is 408. The zero-order chi connectivity index (χ0) is 14.1. The SMILES string of the molecule is CCOCCCN=C(N)Nc1cccc(C(C)C)c1.I. The van der Waals surface area contributed by atoms with Crippen molar-refractivity contribution in [2.75, 3.05) is 25.1 Å². The van der Waals surface area contributed by atoms with Crippen molar-refractivity contribution in [3.63, 3.8) is 0 Å². The molecule has 1 rings (SSSR count). The molecule has 0 radical (unpaired) electrons. The molecule has 4 nitrogen and oxygen atoms in total. The van der Waals surface area contributed by atoms with Crippen molar-refractivity contribution in [3.8, 4) is 0 Å². The van der Waals surface area contributed by atoms with Crippen LogP contribution in [-0.2, 0) is 4.74 Å². The minimum absolute atomic E-state index is 0. The summed E-state index contributed by atoms with van der Waals surface area (Å²) >= 11 is 0. The third kappa shape index (κ3) is 7.69. The van der Waals surface area contributed by atoms with Crippen molar-refractivity contribution in [2.45, 2.75) is 33.1 Å². The van der Waals surface area contributed by atoms with Gasteiger partial charge in [-0.15, -0.1) is 24.0 Å². The highest BCUT2D eigenvalue weighted by atomic mass is 127. The van der Waals surface area contributed by atoms with Crippen LogP contribution in [0.4, 0.5) is 5.69 Å². The zero-order valence-corrected chi connectivity index (χ0v) is 14.9. The summed E-state index contributed by atoms with van der Waals surface area (Å²) < 4.78 is 5.25. The second-order valence-corrected chi connectivity index (χ2v) is 4.72. The fourth-order valence-electron chi connectivity index (χ4n) is 1.67. The molecule has 3 N–H and O–H groups in total. The van der Waals surface area contributed by atoms with Crippen LogP contribution in [0.15, 0.2) is 29.3 Å².